The smallest absolute Gasteiger partial charge is 0.233 e. The van der Waals surface area contributed by atoms with Gasteiger partial charge >= 0.3 is 0 Å². The highest BCUT2D eigenvalue weighted by Gasteiger charge is 2.27. The van der Waals surface area contributed by atoms with Gasteiger partial charge in [-0.05, 0) is 31.1 Å². The molecule has 3 N–H and O–H groups in total. The van der Waals surface area contributed by atoms with Crippen LogP contribution in [0, 0.1) is 11.8 Å². The molecule has 0 aromatic rings. The maximum absolute atomic E-state index is 11.2. The summed E-state index contributed by atoms with van der Waals surface area (Å²) in [7, 11) is 0. The van der Waals surface area contributed by atoms with Crippen molar-refractivity contribution in [2.75, 3.05) is 6.54 Å². The Morgan fingerprint density at radius 2 is 2.12 bits per heavy atom. The SMILES string of the molecule is CC(C)CCC1CCCC1NC(=O)CN.Cl. The van der Waals surface area contributed by atoms with Crippen LogP contribution < -0.4 is 11.1 Å². The molecule has 1 rings (SSSR count). The Bertz CT molecular complexity index is 209. The molecule has 1 aliphatic rings. The number of carbonyl (C=O) groups excluding carboxylic acids is 1. The molecule has 16 heavy (non-hydrogen) atoms. The lowest BCUT2D eigenvalue weighted by molar-refractivity contribution is -0.120. The van der Waals surface area contributed by atoms with E-state index in [1.165, 1.54) is 25.7 Å². The molecule has 4 heteroatoms. The molecule has 0 aromatic heterocycles. The lowest BCUT2D eigenvalue weighted by Crippen LogP contribution is -2.40. The van der Waals surface area contributed by atoms with Gasteiger partial charge in [-0.15, -0.1) is 12.4 Å². The molecule has 0 saturated heterocycles. The van der Waals surface area contributed by atoms with E-state index in [-0.39, 0.29) is 24.9 Å². The highest BCUT2D eigenvalue weighted by atomic mass is 35.5. The van der Waals surface area contributed by atoms with Gasteiger partial charge in [0.1, 0.15) is 0 Å². The Hall–Kier alpha value is -0.280. The van der Waals surface area contributed by atoms with Gasteiger partial charge in [0.15, 0.2) is 0 Å². The van der Waals surface area contributed by atoms with Crippen molar-refractivity contribution in [2.45, 2.75) is 52.0 Å². The molecule has 1 amide bonds. The second-order valence-electron chi connectivity index (χ2n) is 5.04. The standard InChI is InChI=1S/C12H24N2O.ClH/c1-9(2)6-7-10-4-3-5-11(10)14-12(15)8-13;/h9-11H,3-8,13H2,1-2H3,(H,14,15);1H. The highest BCUT2D eigenvalue weighted by molar-refractivity contribution is 5.85. The third-order valence-electron chi connectivity index (χ3n) is 3.31. The Kier molecular flexibility index (Phi) is 7.77. The van der Waals surface area contributed by atoms with E-state index >= 15 is 0 Å². The first kappa shape index (κ1) is 15.7. The molecule has 2 unspecified atom stereocenters. The molecule has 0 aromatic carbocycles. The van der Waals surface area contributed by atoms with Crippen molar-refractivity contribution in [2.24, 2.45) is 17.6 Å². The van der Waals surface area contributed by atoms with Crippen LogP contribution >= 0.6 is 12.4 Å². The minimum atomic E-state index is -0.00329. The molecule has 0 heterocycles. The maximum atomic E-state index is 11.2. The molecule has 0 spiro atoms. The molecule has 96 valence electrons. The van der Waals surface area contributed by atoms with Crippen molar-refractivity contribution in [3.63, 3.8) is 0 Å². The van der Waals surface area contributed by atoms with Crippen LogP contribution in [0.1, 0.15) is 46.0 Å². The molecule has 3 nitrogen and oxygen atoms in total. The van der Waals surface area contributed by atoms with Gasteiger partial charge in [-0.1, -0.05) is 26.7 Å². The summed E-state index contributed by atoms with van der Waals surface area (Å²) in [6.45, 7) is 4.62. The summed E-state index contributed by atoms with van der Waals surface area (Å²) >= 11 is 0. The number of rotatable bonds is 5. The molecular weight excluding hydrogens is 224 g/mol. The molecule has 0 aliphatic heterocycles. The number of halogens is 1. The van der Waals surface area contributed by atoms with E-state index in [1.54, 1.807) is 0 Å². The second kappa shape index (κ2) is 7.91. The van der Waals surface area contributed by atoms with Crippen molar-refractivity contribution in [1.29, 1.82) is 0 Å². The number of hydrogen-bond donors (Lipinski definition) is 2. The Morgan fingerprint density at radius 3 is 2.69 bits per heavy atom. The zero-order chi connectivity index (χ0) is 11.3. The lowest BCUT2D eigenvalue weighted by atomic mass is 9.93. The minimum absolute atomic E-state index is 0. The fourth-order valence-electron chi connectivity index (χ4n) is 2.39. The van der Waals surface area contributed by atoms with Crippen molar-refractivity contribution in [3.05, 3.63) is 0 Å². The molecule has 1 fully saturated rings. The fraction of sp³-hybridized carbons (Fsp3) is 0.917. The maximum Gasteiger partial charge on any atom is 0.233 e. The molecule has 0 radical (unpaired) electrons. The summed E-state index contributed by atoms with van der Waals surface area (Å²) < 4.78 is 0. The van der Waals surface area contributed by atoms with Gasteiger partial charge in [0, 0.05) is 6.04 Å². The van der Waals surface area contributed by atoms with Crippen molar-refractivity contribution < 1.29 is 4.79 Å². The van der Waals surface area contributed by atoms with Crippen molar-refractivity contribution in [1.82, 2.24) is 5.32 Å². The summed E-state index contributed by atoms with van der Waals surface area (Å²) in [6, 6.07) is 0.389. The Balaban J connectivity index is 0.00000225. The van der Waals surface area contributed by atoms with Crippen LogP contribution in [0.3, 0.4) is 0 Å². The monoisotopic (exact) mass is 248 g/mol. The zero-order valence-corrected chi connectivity index (χ0v) is 11.2. The second-order valence-corrected chi connectivity index (χ2v) is 5.04. The van der Waals surface area contributed by atoms with E-state index in [9.17, 15) is 4.79 Å². The van der Waals surface area contributed by atoms with Crippen LogP contribution in [0.15, 0.2) is 0 Å². The van der Waals surface area contributed by atoms with Crippen LogP contribution in [-0.4, -0.2) is 18.5 Å². The van der Waals surface area contributed by atoms with Gasteiger partial charge in [0.25, 0.3) is 0 Å². The number of carbonyl (C=O) groups is 1. The van der Waals surface area contributed by atoms with E-state index in [1.807, 2.05) is 0 Å². The lowest BCUT2D eigenvalue weighted by Gasteiger charge is -2.21. The van der Waals surface area contributed by atoms with Crippen LogP contribution in [0.25, 0.3) is 0 Å². The van der Waals surface area contributed by atoms with E-state index in [0.29, 0.717) is 12.0 Å². The molecule has 1 aliphatic carbocycles. The van der Waals surface area contributed by atoms with Crippen molar-refractivity contribution in [3.8, 4) is 0 Å². The third-order valence-corrected chi connectivity index (χ3v) is 3.31. The first-order chi connectivity index (χ1) is 7.13. The average molecular weight is 249 g/mol. The van der Waals surface area contributed by atoms with E-state index in [4.69, 9.17) is 5.73 Å². The van der Waals surface area contributed by atoms with Crippen LogP contribution in [0.2, 0.25) is 0 Å². The summed E-state index contributed by atoms with van der Waals surface area (Å²) in [4.78, 5) is 11.2. The minimum Gasteiger partial charge on any atom is -0.352 e. The van der Waals surface area contributed by atoms with Gasteiger partial charge < -0.3 is 11.1 Å². The first-order valence-corrected chi connectivity index (χ1v) is 6.13. The summed E-state index contributed by atoms with van der Waals surface area (Å²) in [5.41, 5.74) is 5.31. The van der Waals surface area contributed by atoms with Gasteiger partial charge in [-0.2, -0.15) is 0 Å². The molecule has 1 saturated carbocycles. The molecular formula is C12H25ClN2O. The van der Waals surface area contributed by atoms with Crippen LogP contribution in [0.5, 0.6) is 0 Å². The third kappa shape index (κ3) is 5.17. The summed E-state index contributed by atoms with van der Waals surface area (Å²) in [5.74, 6) is 1.44. The Morgan fingerprint density at radius 1 is 1.44 bits per heavy atom. The van der Waals surface area contributed by atoms with Gasteiger partial charge in [0.2, 0.25) is 5.91 Å². The highest BCUT2D eigenvalue weighted by Crippen LogP contribution is 2.30. The zero-order valence-electron chi connectivity index (χ0n) is 10.4. The average Bonchev–Trinajstić information content (AvgIpc) is 2.62. The number of hydrogen-bond acceptors (Lipinski definition) is 2. The number of nitrogens with two attached hydrogens (primary N) is 1. The van der Waals surface area contributed by atoms with E-state index in [2.05, 4.69) is 19.2 Å². The topological polar surface area (TPSA) is 55.1 Å². The summed E-state index contributed by atoms with van der Waals surface area (Å²) in [5, 5.41) is 3.04. The van der Waals surface area contributed by atoms with Crippen molar-refractivity contribution >= 4 is 18.3 Å². The first-order valence-electron chi connectivity index (χ1n) is 6.13. The Labute approximate surface area is 105 Å². The summed E-state index contributed by atoms with van der Waals surface area (Å²) in [6.07, 6.45) is 6.15. The van der Waals surface area contributed by atoms with Gasteiger partial charge in [-0.3, -0.25) is 4.79 Å². The number of amides is 1. The van der Waals surface area contributed by atoms with Crippen LogP contribution in [0.4, 0.5) is 0 Å². The quantitative estimate of drug-likeness (QED) is 0.783. The van der Waals surface area contributed by atoms with Gasteiger partial charge in [0.05, 0.1) is 6.54 Å². The predicted octanol–water partition coefficient (Wildman–Crippen LogP) is 2.09. The largest absolute Gasteiger partial charge is 0.352 e. The fourth-order valence-corrected chi connectivity index (χ4v) is 2.39. The van der Waals surface area contributed by atoms with Crippen LogP contribution in [-0.2, 0) is 4.79 Å². The number of nitrogens with one attached hydrogen (secondary N) is 1. The van der Waals surface area contributed by atoms with Gasteiger partial charge in [-0.25, -0.2) is 0 Å². The predicted molar refractivity (Wildman–Crippen MR) is 69.6 cm³/mol. The molecule has 0 bridgehead atoms. The van der Waals surface area contributed by atoms with E-state index < -0.39 is 0 Å². The normalized spacial score (nSPS) is 24.2. The molecule has 2 atom stereocenters. The van der Waals surface area contributed by atoms with E-state index in [0.717, 1.165) is 12.3 Å².